The molecule has 0 fully saturated rings. The lowest BCUT2D eigenvalue weighted by Crippen LogP contribution is -2.45. The third kappa shape index (κ3) is 5.58. The van der Waals surface area contributed by atoms with Crippen molar-refractivity contribution in [2.24, 2.45) is 5.92 Å². The Kier molecular flexibility index (Phi) is 7.08. The van der Waals surface area contributed by atoms with Gasteiger partial charge in [-0.15, -0.1) is 0 Å². The fourth-order valence-electron chi connectivity index (χ4n) is 2.01. The first-order chi connectivity index (χ1) is 11.8. The number of hydrogen-bond acceptors (Lipinski definition) is 4. The number of ether oxygens (including phenoxy) is 2. The van der Waals surface area contributed by atoms with Crippen molar-refractivity contribution in [1.82, 2.24) is 0 Å². The Balaban J connectivity index is 2.07. The minimum absolute atomic E-state index is 0.0329. The molecule has 134 valence electrons. The Morgan fingerprint density at radius 3 is 2.00 bits per heavy atom. The zero-order chi connectivity index (χ0) is 18.6. The van der Waals surface area contributed by atoms with E-state index >= 15 is 0 Å². The normalized spacial score (nSPS) is 13.2. The van der Waals surface area contributed by atoms with Gasteiger partial charge in [-0.1, -0.05) is 53.3 Å². The molecule has 0 amide bonds. The predicted molar refractivity (Wildman–Crippen MR) is 97.0 cm³/mol. The standard InChI is InChI=1S/C17H14Cl4O4/c1-9(8-24-14-4-2-10(18)6-12(14)20)16(17(22)23)25-15-5-3-11(19)7-13(15)21/h2-7,9,16H,8H2,1H3,(H,22,23)/p-1. The van der Waals surface area contributed by atoms with E-state index < -0.39 is 18.0 Å². The summed E-state index contributed by atoms with van der Waals surface area (Å²) in [6.45, 7) is 1.68. The maximum absolute atomic E-state index is 11.4. The van der Waals surface area contributed by atoms with Crippen LogP contribution in [0.3, 0.4) is 0 Å². The van der Waals surface area contributed by atoms with Crippen molar-refractivity contribution in [2.75, 3.05) is 6.61 Å². The Hall–Kier alpha value is -1.33. The van der Waals surface area contributed by atoms with Gasteiger partial charge in [0.1, 0.15) is 17.6 Å². The van der Waals surface area contributed by atoms with Crippen molar-refractivity contribution in [3.8, 4) is 11.5 Å². The average Bonchev–Trinajstić information content (AvgIpc) is 2.52. The molecule has 2 atom stereocenters. The van der Waals surface area contributed by atoms with E-state index in [9.17, 15) is 9.90 Å². The minimum atomic E-state index is -1.38. The van der Waals surface area contributed by atoms with Crippen molar-refractivity contribution in [3.63, 3.8) is 0 Å². The van der Waals surface area contributed by atoms with Crippen LogP contribution in [0.15, 0.2) is 36.4 Å². The van der Waals surface area contributed by atoms with Gasteiger partial charge in [0, 0.05) is 16.0 Å². The zero-order valence-corrected chi connectivity index (χ0v) is 16.0. The summed E-state index contributed by atoms with van der Waals surface area (Å²) in [6.07, 6.45) is -1.27. The van der Waals surface area contributed by atoms with Gasteiger partial charge < -0.3 is 19.4 Å². The number of aliphatic carboxylic acids is 1. The minimum Gasteiger partial charge on any atom is -0.546 e. The fraction of sp³-hybridized carbons (Fsp3) is 0.235. The highest BCUT2D eigenvalue weighted by Gasteiger charge is 2.23. The summed E-state index contributed by atoms with van der Waals surface area (Å²) in [7, 11) is 0. The second kappa shape index (κ2) is 8.86. The molecule has 0 heterocycles. The molecule has 0 spiro atoms. The molecule has 0 aliphatic carbocycles. The summed E-state index contributed by atoms with van der Waals surface area (Å²) in [5, 5.41) is 12.9. The van der Waals surface area contributed by atoms with Crippen LogP contribution in [0.5, 0.6) is 11.5 Å². The van der Waals surface area contributed by atoms with E-state index in [0.717, 1.165) is 0 Å². The largest absolute Gasteiger partial charge is 0.546 e. The topological polar surface area (TPSA) is 58.6 Å². The molecule has 8 heteroatoms. The number of carbonyl (C=O) groups is 1. The molecule has 0 radical (unpaired) electrons. The number of halogens is 4. The SMILES string of the molecule is CC(COc1ccc(Cl)cc1Cl)C(Oc1ccc(Cl)cc1Cl)C(=O)[O-]. The van der Waals surface area contributed by atoms with Crippen molar-refractivity contribution in [2.45, 2.75) is 13.0 Å². The highest BCUT2D eigenvalue weighted by molar-refractivity contribution is 6.36. The molecular formula is C17H13Cl4O4-. The second-order valence-corrected chi connectivity index (χ2v) is 6.98. The Morgan fingerprint density at radius 1 is 1.00 bits per heavy atom. The molecule has 2 rings (SSSR count). The highest BCUT2D eigenvalue weighted by Crippen LogP contribution is 2.30. The summed E-state index contributed by atoms with van der Waals surface area (Å²) in [6, 6.07) is 9.24. The molecule has 2 aromatic rings. The quantitative estimate of drug-likeness (QED) is 0.658. The molecule has 0 aliphatic heterocycles. The van der Waals surface area contributed by atoms with Gasteiger partial charge in [-0.25, -0.2) is 0 Å². The van der Waals surface area contributed by atoms with Crippen LogP contribution >= 0.6 is 46.4 Å². The molecule has 0 bridgehead atoms. The molecular weight excluding hydrogens is 410 g/mol. The Bertz CT molecular complexity index is 766. The monoisotopic (exact) mass is 421 g/mol. The van der Waals surface area contributed by atoms with E-state index in [2.05, 4.69) is 0 Å². The van der Waals surface area contributed by atoms with E-state index in [1.807, 2.05) is 0 Å². The lowest BCUT2D eigenvalue weighted by molar-refractivity contribution is -0.315. The Labute approximate surface area is 165 Å². The number of benzene rings is 2. The van der Waals surface area contributed by atoms with Crippen LogP contribution in [0.2, 0.25) is 20.1 Å². The molecule has 4 nitrogen and oxygen atoms in total. The van der Waals surface area contributed by atoms with Crippen LogP contribution in [-0.2, 0) is 4.79 Å². The first-order valence-electron chi connectivity index (χ1n) is 7.18. The molecule has 0 aliphatic rings. The summed E-state index contributed by atoms with van der Waals surface area (Å²) >= 11 is 23.7. The number of hydrogen-bond donors (Lipinski definition) is 0. The molecule has 0 saturated carbocycles. The number of carboxylic acids is 1. The third-order valence-electron chi connectivity index (χ3n) is 3.29. The lowest BCUT2D eigenvalue weighted by Gasteiger charge is -2.26. The molecule has 0 N–H and O–H groups in total. The van der Waals surface area contributed by atoms with Gasteiger partial charge in [-0.05, 0) is 36.4 Å². The maximum atomic E-state index is 11.4. The molecule has 0 aromatic heterocycles. The van der Waals surface area contributed by atoms with Crippen LogP contribution in [0.4, 0.5) is 0 Å². The maximum Gasteiger partial charge on any atom is 0.144 e. The molecule has 0 saturated heterocycles. The van der Waals surface area contributed by atoms with E-state index in [4.69, 9.17) is 55.9 Å². The van der Waals surface area contributed by atoms with Crippen molar-refractivity contribution >= 4 is 52.4 Å². The first kappa shape index (κ1) is 20.0. The lowest BCUT2D eigenvalue weighted by atomic mass is 10.1. The van der Waals surface area contributed by atoms with Gasteiger partial charge in [-0.2, -0.15) is 0 Å². The van der Waals surface area contributed by atoms with Gasteiger partial charge in [0.25, 0.3) is 0 Å². The van der Waals surface area contributed by atoms with Gasteiger partial charge in [0.05, 0.1) is 22.6 Å². The van der Waals surface area contributed by atoms with Gasteiger partial charge in [-0.3, -0.25) is 0 Å². The van der Waals surface area contributed by atoms with Crippen molar-refractivity contribution in [1.29, 1.82) is 0 Å². The third-order valence-corrected chi connectivity index (χ3v) is 4.35. The van der Waals surface area contributed by atoms with E-state index in [1.165, 1.54) is 18.2 Å². The van der Waals surface area contributed by atoms with Crippen molar-refractivity contribution in [3.05, 3.63) is 56.5 Å². The summed E-state index contributed by atoms with van der Waals surface area (Å²) < 4.78 is 11.0. The number of rotatable bonds is 7. The summed E-state index contributed by atoms with van der Waals surface area (Å²) in [4.78, 5) is 11.4. The van der Waals surface area contributed by atoms with Crippen LogP contribution in [-0.4, -0.2) is 18.7 Å². The number of carboxylic acid groups (broad SMARTS) is 1. The first-order valence-corrected chi connectivity index (χ1v) is 8.69. The summed E-state index contributed by atoms with van der Waals surface area (Å²) in [5.74, 6) is -1.36. The van der Waals surface area contributed by atoms with Crippen LogP contribution < -0.4 is 14.6 Å². The number of carbonyl (C=O) groups excluding carboxylic acids is 1. The predicted octanol–water partition coefficient (Wildman–Crippen LogP) is 4.51. The van der Waals surface area contributed by atoms with E-state index in [1.54, 1.807) is 25.1 Å². The molecule has 2 aromatic carbocycles. The average molecular weight is 423 g/mol. The van der Waals surface area contributed by atoms with Gasteiger partial charge in [0.2, 0.25) is 0 Å². The Morgan fingerprint density at radius 2 is 1.52 bits per heavy atom. The van der Waals surface area contributed by atoms with E-state index in [-0.39, 0.29) is 17.4 Å². The molecule has 2 unspecified atom stereocenters. The summed E-state index contributed by atoms with van der Waals surface area (Å²) in [5.41, 5.74) is 0. The van der Waals surface area contributed by atoms with Crippen LogP contribution in [0, 0.1) is 5.92 Å². The van der Waals surface area contributed by atoms with E-state index in [0.29, 0.717) is 20.8 Å². The smallest absolute Gasteiger partial charge is 0.144 e. The van der Waals surface area contributed by atoms with Gasteiger partial charge in [0.15, 0.2) is 0 Å². The van der Waals surface area contributed by atoms with Crippen LogP contribution in [0.25, 0.3) is 0 Å². The molecule has 25 heavy (non-hydrogen) atoms. The van der Waals surface area contributed by atoms with Crippen LogP contribution in [0.1, 0.15) is 6.92 Å². The fourth-order valence-corrected chi connectivity index (χ4v) is 2.92. The van der Waals surface area contributed by atoms with Crippen molar-refractivity contribution < 1.29 is 19.4 Å². The highest BCUT2D eigenvalue weighted by atomic mass is 35.5. The van der Waals surface area contributed by atoms with Gasteiger partial charge >= 0.3 is 0 Å². The zero-order valence-electron chi connectivity index (χ0n) is 13.0. The second-order valence-electron chi connectivity index (χ2n) is 5.30.